The van der Waals surface area contributed by atoms with Gasteiger partial charge in [0.05, 0.1) is 14.2 Å². The van der Waals surface area contributed by atoms with Crippen LogP contribution in [0.3, 0.4) is 0 Å². The molecule has 0 aliphatic heterocycles. The van der Waals surface area contributed by atoms with Crippen LogP contribution in [0.2, 0.25) is 0 Å². The number of aryl methyl sites for hydroxylation is 1. The van der Waals surface area contributed by atoms with Crippen LogP contribution >= 0.6 is 0 Å². The summed E-state index contributed by atoms with van der Waals surface area (Å²) in [6, 6.07) is 2.09. The summed E-state index contributed by atoms with van der Waals surface area (Å²) in [6.07, 6.45) is 2.32. The molecule has 0 spiro atoms. The second kappa shape index (κ2) is 4.22. The number of nitrogens with two attached hydrogens (primary N) is 1. The lowest BCUT2D eigenvalue weighted by Crippen LogP contribution is -2.22. The molecule has 1 saturated carbocycles. The van der Waals surface area contributed by atoms with Crippen LogP contribution in [0.15, 0.2) is 6.07 Å². The van der Waals surface area contributed by atoms with Gasteiger partial charge in [0, 0.05) is 23.1 Å². The summed E-state index contributed by atoms with van der Waals surface area (Å²) in [6.45, 7) is 4.83. The van der Waals surface area contributed by atoms with E-state index in [2.05, 4.69) is 13.0 Å². The maximum absolute atomic E-state index is 5.93. The van der Waals surface area contributed by atoms with E-state index < -0.39 is 0 Å². The number of rotatable bonds is 4. The van der Waals surface area contributed by atoms with Crippen LogP contribution in [0.4, 0.5) is 0 Å². The molecule has 0 aromatic heterocycles. The fourth-order valence-corrected chi connectivity index (χ4v) is 2.69. The highest BCUT2D eigenvalue weighted by atomic mass is 16.5. The standard InChI is InChI=1S/C14H21NO2/c1-9-7-11(16-3)10(2)13(17-4)12(9)14(8-15)5-6-14/h7H,5-6,8,15H2,1-4H3. The molecule has 1 aliphatic carbocycles. The molecule has 0 amide bonds. The zero-order valence-corrected chi connectivity index (χ0v) is 11.1. The van der Waals surface area contributed by atoms with Gasteiger partial charge in [-0.2, -0.15) is 0 Å². The van der Waals surface area contributed by atoms with E-state index in [4.69, 9.17) is 15.2 Å². The van der Waals surface area contributed by atoms with Crippen molar-refractivity contribution in [1.82, 2.24) is 0 Å². The Balaban J connectivity index is 2.62. The second-order valence-corrected chi connectivity index (χ2v) is 4.91. The molecule has 1 fully saturated rings. The Hall–Kier alpha value is -1.22. The van der Waals surface area contributed by atoms with Crippen molar-refractivity contribution in [3.05, 3.63) is 22.8 Å². The van der Waals surface area contributed by atoms with Crippen molar-refractivity contribution in [2.75, 3.05) is 20.8 Å². The highest BCUT2D eigenvalue weighted by molar-refractivity contribution is 5.58. The summed E-state index contributed by atoms with van der Waals surface area (Å²) in [7, 11) is 3.41. The van der Waals surface area contributed by atoms with Gasteiger partial charge in [-0.1, -0.05) is 0 Å². The first kappa shape index (κ1) is 12.2. The SMILES string of the molecule is COc1cc(C)c(C2(CN)CC2)c(OC)c1C. The minimum atomic E-state index is 0.145. The van der Waals surface area contributed by atoms with Crippen molar-refractivity contribution in [1.29, 1.82) is 0 Å². The average molecular weight is 235 g/mol. The average Bonchev–Trinajstić information content (AvgIpc) is 3.11. The van der Waals surface area contributed by atoms with Gasteiger partial charge in [-0.25, -0.2) is 0 Å². The van der Waals surface area contributed by atoms with Gasteiger partial charge in [-0.15, -0.1) is 0 Å². The normalized spacial score (nSPS) is 16.8. The van der Waals surface area contributed by atoms with E-state index in [0.717, 1.165) is 29.9 Å². The summed E-state index contributed by atoms with van der Waals surface area (Å²) < 4.78 is 11.0. The van der Waals surface area contributed by atoms with Gasteiger partial charge in [-0.05, 0) is 38.3 Å². The monoisotopic (exact) mass is 235 g/mol. The zero-order valence-electron chi connectivity index (χ0n) is 11.1. The lowest BCUT2D eigenvalue weighted by atomic mass is 9.89. The predicted molar refractivity (Wildman–Crippen MR) is 69.0 cm³/mol. The Kier molecular flexibility index (Phi) is 3.04. The molecule has 1 aliphatic rings. The molecule has 1 aromatic carbocycles. The van der Waals surface area contributed by atoms with Crippen molar-refractivity contribution in [3.63, 3.8) is 0 Å². The summed E-state index contributed by atoms with van der Waals surface area (Å²) in [5.74, 6) is 1.83. The van der Waals surface area contributed by atoms with Crippen molar-refractivity contribution in [3.8, 4) is 11.5 Å². The molecule has 0 atom stereocenters. The molecule has 17 heavy (non-hydrogen) atoms. The molecule has 0 unspecified atom stereocenters. The lowest BCUT2D eigenvalue weighted by Gasteiger charge is -2.23. The van der Waals surface area contributed by atoms with Crippen molar-refractivity contribution >= 4 is 0 Å². The van der Waals surface area contributed by atoms with Crippen LogP contribution in [0, 0.1) is 13.8 Å². The fraction of sp³-hybridized carbons (Fsp3) is 0.571. The molecule has 3 nitrogen and oxygen atoms in total. The largest absolute Gasteiger partial charge is 0.496 e. The van der Waals surface area contributed by atoms with Gasteiger partial charge in [0.1, 0.15) is 11.5 Å². The topological polar surface area (TPSA) is 44.5 Å². The number of methoxy groups -OCH3 is 2. The Morgan fingerprint density at radius 3 is 2.29 bits per heavy atom. The molecule has 94 valence electrons. The van der Waals surface area contributed by atoms with E-state index in [1.54, 1.807) is 14.2 Å². The molecule has 3 heteroatoms. The molecule has 2 rings (SSSR count). The van der Waals surface area contributed by atoms with Crippen LogP contribution in [0.5, 0.6) is 11.5 Å². The van der Waals surface area contributed by atoms with Gasteiger partial charge in [-0.3, -0.25) is 0 Å². The Labute approximate surface area is 103 Å². The van der Waals surface area contributed by atoms with E-state index in [1.807, 2.05) is 6.92 Å². The third-order valence-electron chi connectivity index (χ3n) is 3.88. The van der Waals surface area contributed by atoms with Gasteiger partial charge >= 0.3 is 0 Å². The first-order chi connectivity index (χ1) is 8.09. The predicted octanol–water partition coefficient (Wildman–Crippen LogP) is 2.31. The second-order valence-electron chi connectivity index (χ2n) is 4.91. The maximum atomic E-state index is 5.93. The van der Waals surface area contributed by atoms with Crippen LogP contribution in [-0.4, -0.2) is 20.8 Å². The molecule has 2 N–H and O–H groups in total. The number of hydrogen-bond donors (Lipinski definition) is 1. The maximum Gasteiger partial charge on any atom is 0.129 e. The molecule has 0 radical (unpaired) electrons. The Morgan fingerprint density at radius 2 is 1.88 bits per heavy atom. The summed E-state index contributed by atoms with van der Waals surface area (Å²) in [5.41, 5.74) is 9.63. The fourth-order valence-electron chi connectivity index (χ4n) is 2.69. The molecular weight excluding hydrogens is 214 g/mol. The number of benzene rings is 1. The summed E-state index contributed by atoms with van der Waals surface area (Å²) >= 11 is 0. The third kappa shape index (κ3) is 1.78. The van der Waals surface area contributed by atoms with Crippen molar-refractivity contribution < 1.29 is 9.47 Å². The van der Waals surface area contributed by atoms with Crippen LogP contribution < -0.4 is 15.2 Å². The Bertz CT molecular complexity index is 436. The molecule has 0 heterocycles. The van der Waals surface area contributed by atoms with Crippen LogP contribution in [-0.2, 0) is 5.41 Å². The van der Waals surface area contributed by atoms with E-state index in [9.17, 15) is 0 Å². The highest BCUT2D eigenvalue weighted by Crippen LogP contribution is 2.53. The lowest BCUT2D eigenvalue weighted by molar-refractivity contribution is 0.381. The minimum Gasteiger partial charge on any atom is -0.496 e. The van der Waals surface area contributed by atoms with E-state index in [0.29, 0.717) is 6.54 Å². The zero-order chi connectivity index (χ0) is 12.6. The van der Waals surface area contributed by atoms with E-state index in [1.165, 1.54) is 11.1 Å². The number of ether oxygens (including phenoxy) is 2. The summed E-state index contributed by atoms with van der Waals surface area (Å²) in [4.78, 5) is 0. The molecular formula is C14H21NO2. The quantitative estimate of drug-likeness (QED) is 0.871. The van der Waals surface area contributed by atoms with Crippen LogP contribution in [0.1, 0.15) is 29.5 Å². The molecule has 0 bridgehead atoms. The van der Waals surface area contributed by atoms with Gasteiger partial charge in [0.25, 0.3) is 0 Å². The highest BCUT2D eigenvalue weighted by Gasteiger charge is 2.46. The van der Waals surface area contributed by atoms with Crippen molar-refractivity contribution in [2.45, 2.75) is 32.1 Å². The molecule has 1 aromatic rings. The van der Waals surface area contributed by atoms with Gasteiger partial charge in [0.15, 0.2) is 0 Å². The smallest absolute Gasteiger partial charge is 0.129 e. The minimum absolute atomic E-state index is 0.145. The van der Waals surface area contributed by atoms with E-state index in [-0.39, 0.29) is 5.41 Å². The third-order valence-corrected chi connectivity index (χ3v) is 3.88. The Morgan fingerprint density at radius 1 is 1.24 bits per heavy atom. The van der Waals surface area contributed by atoms with Gasteiger partial charge < -0.3 is 15.2 Å². The molecule has 0 saturated heterocycles. The number of hydrogen-bond acceptors (Lipinski definition) is 3. The van der Waals surface area contributed by atoms with Crippen LogP contribution in [0.25, 0.3) is 0 Å². The first-order valence-electron chi connectivity index (χ1n) is 6.02. The first-order valence-corrected chi connectivity index (χ1v) is 6.02. The van der Waals surface area contributed by atoms with E-state index >= 15 is 0 Å². The van der Waals surface area contributed by atoms with Crippen molar-refractivity contribution in [2.24, 2.45) is 5.73 Å². The summed E-state index contributed by atoms with van der Waals surface area (Å²) in [5, 5.41) is 0. The van der Waals surface area contributed by atoms with Gasteiger partial charge in [0.2, 0.25) is 0 Å².